The van der Waals surface area contributed by atoms with Crippen LogP contribution in [0.5, 0.6) is 5.75 Å². The first-order valence-electron chi connectivity index (χ1n) is 6.00. The van der Waals surface area contributed by atoms with E-state index in [1.807, 2.05) is 19.1 Å². The van der Waals surface area contributed by atoms with E-state index in [0.717, 1.165) is 18.2 Å². The van der Waals surface area contributed by atoms with Gasteiger partial charge in [0.05, 0.1) is 6.61 Å². The molecule has 98 valence electrons. The van der Waals surface area contributed by atoms with Crippen molar-refractivity contribution in [1.82, 2.24) is 4.98 Å². The maximum atomic E-state index is 10.5. The van der Waals surface area contributed by atoms with Crippen molar-refractivity contribution in [3.05, 3.63) is 29.6 Å². The molecule has 0 bridgehead atoms. The monoisotopic (exact) mass is 249 g/mol. The second kappa shape index (κ2) is 6.79. The van der Waals surface area contributed by atoms with Crippen LogP contribution in [0.3, 0.4) is 0 Å². The molecule has 0 saturated heterocycles. The van der Waals surface area contributed by atoms with E-state index >= 15 is 0 Å². The smallest absolute Gasteiger partial charge is 0.328 e. The van der Waals surface area contributed by atoms with Gasteiger partial charge in [0.2, 0.25) is 0 Å². The van der Waals surface area contributed by atoms with Gasteiger partial charge >= 0.3 is 5.97 Å². The van der Waals surface area contributed by atoms with Crippen LogP contribution < -0.4 is 4.74 Å². The van der Waals surface area contributed by atoms with E-state index in [2.05, 4.69) is 18.8 Å². The van der Waals surface area contributed by atoms with Gasteiger partial charge in [-0.05, 0) is 37.5 Å². The highest BCUT2D eigenvalue weighted by Gasteiger charge is 2.04. The average Bonchev–Trinajstić information content (AvgIpc) is 2.28. The van der Waals surface area contributed by atoms with E-state index < -0.39 is 5.97 Å². The number of carbonyl (C=O) groups is 1. The normalized spacial score (nSPS) is 11.1. The molecule has 1 aromatic heterocycles. The molecule has 1 heterocycles. The van der Waals surface area contributed by atoms with Crippen LogP contribution in [0.25, 0.3) is 6.08 Å². The summed E-state index contributed by atoms with van der Waals surface area (Å²) in [6.07, 6.45) is 3.48. The zero-order valence-electron chi connectivity index (χ0n) is 11.0. The van der Waals surface area contributed by atoms with Crippen LogP contribution >= 0.6 is 0 Å². The van der Waals surface area contributed by atoms with E-state index in [9.17, 15) is 4.79 Å². The lowest BCUT2D eigenvalue weighted by Crippen LogP contribution is -2.03. The van der Waals surface area contributed by atoms with Crippen LogP contribution in [-0.4, -0.2) is 22.7 Å². The van der Waals surface area contributed by atoms with Crippen molar-refractivity contribution in [2.75, 3.05) is 6.61 Å². The summed E-state index contributed by atoms with van der Waals surface area (Å²) in [5.41, 5.74) is 1.39. The van der Waals surface area contributed by atoms with E-state index in [1.54, 1.807) is 0 Å². The Morgan fingerprint density at radius 2 is 2.22 bits per heavy atom. The molecule has 0 aromatic carbocycles. The second-order valence-corrected chi connectivity index (χ2v) is 4.54. The Bertz CT molecular complexity index is 439. The number of ether oxygens (including phenoxy) is 1. The Hall–Kier alpha value is -1.84. The third-order valence-corrected chi connectivity index (χ3v) is 2.36. The van der Waals surface area contributed by atoms with Gasteiger partial charge in [0.1, 0.15) is 11.4 Å². The SMILES string of the molecule is Cc1ccc(OCCC(C)C)c(C=CC(=O)O)n1. The van der Waals surface area contributed by atoms with Crippen molar-refractivity contribution in [2.45, 2.75) is 27.2 Å². The van der Waals surface area contributed by atoms with Gasteiger partial charge in [-0.1, -0.05) is 13.8 Å². The van der Waals surface area contributed by atoms with Gasteiger partial charge < -0.3 is 9.84 Å². The predicted octanol–water partition coefficient (Wildman–Crippen LogP) is 2.91. The number of aryl methyl sites for hydroxylation is 1. The molecule has 0 aliphatic carbocycles. The Labute approximate surface area is 107 Å². The molecular weight excluding hydrogens is 230 g/mol. The number of carboxylic acid groups (broad SMARTS) is 1. The van der Waals surface area contributed by atoms with Crippen LogP contribution in [0.15, 0.2) is 18.2 Å². The van der Waals surface area contributed by atoms with Crippen molar-refractivity contribution >= 4 is 12.0 Å². The van der Waals surface area contributed by atoms with E-state index in [0.29, 0.717) is 24.0 Å². The Balaban J connectivity index is 2.79. The summed E-state index contributed by atoms with van der Waals surface area (Å²) in [5, 5.41) is 8.63. The number of carboxylic acids is 1. The van der Waals surface area contributed by atoms with Gasteiger partial charge in [-0.15, -0.1) is 0 Å². The lowest BCUT2D eigenvalue weighted by molar-refractivity contribution is -0.131. The molecule has 1 rings (SSSR count). The number of rotatable bonds is 6. The minimum atomic E-state index is -0.994. The number of hydrogen-bond acceptors (Lipinski definition) is 3. The first-order chi connectivity index (χ1) is 8.49. The quantitative estimate of drug-likeness (QED) is 0.787. The largest absolute Gasteiger partial charge is 0.491 e. The Kier molecular flexibility index (Phi) is 5.36. The highest BCUT2D eigenvalue weighted by molar-refractivity contribution is 5.85. The summed E-state index contributed by atoms with van der Waals surface area (Å²) in [6.45, 7) is 6.72. The Morgan fingerprint density at radius 3 is 2.83 bits per heavy atom. The fraction of sp³-hybridized carbons (Fsp3) is 0.429. The summed E-state index contributed by atoms with van der Waals surface area (Å²) < 4.78 is 5.63. The topological polar surface area (TPSA) is 59.4 Å². The number of pyridine rings is 1. The molecule has 0 fully saturated rings. The van der Waals surface area contributed by atoms with Gasteiger partial charge in [0.25, 0.3) is 0 Å². The fourth-order valence-corrected chi connectivity index (χ4v) is 1.36. The molecule has 0 amide bonds. The summed E-state index contributed by atoms with van der Waals surface area (Å²) >= 11 is 0. The molecule has 0 unspecified atom stereocenters. The number of hydrogen-bond donors (Lipinski definition) is 1. The summed E-state index contributed by atoms with van der Waals surface area (Å²) in [4.78, 5) is 14.8. The van der Waals surface area contributed by atoms with E-state index in [1.165, 1.54) is 6.08 Å². The van der Waals surface area contributed by atoms with Gasteiger partial charge in [0.15, 0.2) is 0 Å². The van der Waals surface area contributed by atoms with Crippen LogP contribution in [0, 0.1) is 12.8 Å². The summed E-state index contributed by atoms with van der Waals surface area (Å²) in [5.74, 6) is 0.201. The van der Waals surface area contributed by atoms with Crippen LogP contribution in [0.1, 0.15) is 31.7 Å². The summed E-state index contributed by atoms with van der Waals surface area (Å²) in [6, 6.07) is 3.67. The lowest BCUT2D eigenvalue weighted by atomic mass is 10.1. The molecule has 1 N–H and O–H groups in total. The van der Waals surface area contributed by atoms with Crippen LogP contribution in [-0.2, 0) is 4.79 Å². The van der Waals surface area contributed by atoms with Gasteiger partial charge in [-0.3, -0.25) is 0 Å². The first-order valence-corrected chi connectivity index (χ1v) is 6.00. The van der Waals surface area contributed by atoms with Crippen molar-refractivity contribution < 1.29 is 14.6 Å². The maximum Gasteiger partial charge on any atom is 0.328 e. The van der Waals surface area contributed by atoms with Crippen LogP contribution in [0.4, 0.5) is 0 Å². The van der Waals surface area contributed by atoms with E-state index in [4.69, 9.17) is 9.84 Å². The van der Waals surface area contributed by atoms with Crippen molar-refractivity contribution in [3.8, 4) is 5.75 Å². The molecular formula is C14H19NO3. The highest BCUT2D eigenvalue weighted by atomic mass is 16.5. The molecule has 4 heteroatoms. The van der Waals surface area contributed by atoms with Gasteiger partial charge in [-0.25, -0.2) is 9.78 Å². The third kappa shape index (κ3) is 4.99. The zero-order valence-corrected chi connectivity index (χ0v) is 11.0. The number of nitrogens with zero attached hydrogens (tertiary/aromatic N) is 1. The zero-order chi connectivity index (χ0) is 13.5. The maximum absolute atomic E-state index is 10.5. The summed E-state index contributed by atoms with van der Waals surface area (Å²) in [7, 11) is 0. The third-order valence-electron chi connectivity index (χ3n) is 2.36. The average molecular weight is 249 g/mol. The number of aromatic nitrogens is 1. The molecule has 4 nitrogen and oxygen atoms in total. The Morgan fingerprint density at radius 1 is 1.50 bits per heavy atom. The molecule has 0 aliphatic heterocycles. The molecule has 0 aliphatic rings. The van der Waals surface area contributed by atoms with Gasteiger partial charge in [0, 0.05) is 11.8 Å². The molecule has 0 atom stereocenters. The standard InChI is InChI=1S/C14H19NO3/c1-10(2)8-9-18-13-6-4-11(3)15-12(13)5-7-14(16)17/h4-7,10H,8-9H2,1-3H3,(H,16,17). The first kappa shape index (κ1) is 14.2. The lowest BCUT2D eigenvalue weighted by Gasteiger charge is -2.10. The van der Waals surface area contributed by atoms with Crippen LogP contribution in [0.2, 0.25) is 0 Å². The van der Waals surface area contributed by atoms with Gasteiger partial charge in [-0.2, -0.15) is 0 Å². The van der Waals surface area contributed by atoms with Crippen molar-refractivity contribution in [2.24, 2.45) is 5.92 Å². The predicted molar refractivity (Wildman–Crippen MR) is 70.6 cm³/mol. The fourth-order valence-electron chi connectivity index (χ4n) is 1.36. The molecule has 0 radical (unpaired) electrons. The minimum Gasteiger partial charge on any atom is -0.491 e. The molecule has 0 saturated carbocycles. The highest BCUT2D eigenvalue weighted by Crippen LogP contribution is 2.19. The molecule has 1 aromatic rings. The number of aliphatic carboxylic acids is 1. The second-order valence-electron chi connectivity index (χ2n) is 4.54. The minimum absolute atomic E-state index is 0.557. The van der Waals surface area contributed by atoms with Crippen molar-refractivity contribution in [1.29, 1.82) is 0 Å². The molecule has 18 heavy (non-hydrogen) atoms. The molecule has 0 spiro atoms. The van der Waals surface area contributed by atoms with Crippen molar-refractivity contribution in [3.63, 3.8) is 0 Å². The van der Waals surface area contributed by atoms with E-state index in [-0.39, 0.29) is 0 Å².